The maximum atomic E-state index is 14.8. The van der Waals surface area contributed by atoms with Crippen LogP contribution in [-0.4, -0.2) is 96.5 Å². The molecule has 1 aromatic heterocycles. The van der Waals surface area contributed by atoms with E-state index in [0.29, 0.717) is 65.6 Å². The smallest absolute Gasteiger partial charge is 0.393 e. The molecule has 3 N–H and O–H groups in total. The fourth-order valence-corrected chi connectivity index (χ4v) is 6.22. The van der Waals surface area contributed by atoms with Gasteiger partial charge in [0.25, 0.3) is 5.91 Å². The highest BCUT2D eigenvalue weighted by Crippen LogP contribution is 2.39. The summed E-state index contributed by atoms with van der Waals surface area (Å²) in [4.78, 5) is 14.8. The highest BCUT2D eigenvalue weighted by molar-refractivity contribution is 7.20. The van der Waals surface area contributed by atoms with Crippen LogP contribution < -0.4 is 20.7 Å². The van der Waals surface area contributed by atoms with Gasteiger partial charge in [-0.1, -0.05) is 30.0 Å². The van der Waals surface area contributed by atoms with Crippen molar-refractivity contribution in [3.8, 4) is 17.6 Å². The van der Waals surface area contributed by atoms with Crippen molar-refractivity contribution in [1.82, 2.24) is 10.2 Å². The molecule has 0 spiro atoms. The van der Waals surface area contributed by atoms with Crippen LogP contribution in [0.3, 0.4) is 0 Å². The molecule has 2 atom stereocenters. The van der Waals surface area contributed by atoms with Crippen molar-refractivity contribution in [2.75, 3.05) is 77.9 Å². The Balaban J connectivity index is 1.57. The number of nitrogens with one attached hydrogen (secondary N) is 3. The van der Waals surface area contributed by atoms with E-state index in [1.165, 1.54) is 7.05 Å². The molecule has 2 heterocycles. The Bertz CT molecular complexity index is 1500. The van der Waals surface area contributed by atoms with Crippen molar-refractivity contribution >= 4 is 38.7 Å². The molecule has 0 saturated carbocycles. The van der Waals surface area contributed by atoms with Gasteiger partial charge >= 0.3 is 6.18 Å². The number of carbonyl (C=O) groups is 1. The van der Waals surface area contributed by atoms with E-state index in [-0.39, 0.29) is 29.5 Å². The van der Waals surface area contributed by atoms with Crippen LogP contribution in [-0.2, 0) is 15.9 Å². The third-order valence-corrected chi connectivity index (χ3v) is 8.45. The van der Waals surface area contributed by atoms with Crippen LogP contribution in [0.15, 0.2) is 36.4 Å². The molecule has 1 fully saturated rings. The fraction of sp³-hybridized carbons (Fsp3) is 0.469. The van der Waals surface area contributed by atoms with Crippen LogP contribution in [0.2, 0.25) is 0 Å². The first-order valence-corrected chi connectivity index (χ1v) is 15.4. The van der Waals surface area contributed by atoms with Crippen molar-refractivity contribution in [3.63, 3.8) is 0 Å². The summed E-state index contributed by atoms with van der Waals surface area (Å²) in [6.07, 6.45) is -6.11. The lowest BCUT2D eigenvalue weighted by Gasteiger charge is -2.33. The number of ether oxygens (including phenoxy) is 3. The Kier molecular flexibility index (Phi) is 12.3. The molecule has 0 aliphatic carbocycles. The Morgan fingerprint density at radius 2 is 1.91 bits per heavy atom. The summed E-state index contributed by atoms with van der Waals surface area (Å²) in [5.74, 6) is 5.90. The van der Waals surface area contributed by atoms with Crippen molar-refractivity contribution in [2.24, 2.45) is 0 Å². The standard InChI is InChI=1S/C32H38F4N4O4S/c1-37-31(41)22-8-5-10-27(44-18-17-43-16-15-42-3)29(22)38-13-6-11-28-23(19-32(34,35)36)21-7-4-9-26(30(21)45-28)39-25-12-14-40(2)20-24(25)33/h4-5,7-10,24-25,38-39H,12-20H2,1-3H3,(H,37,41). The first kappa shape index (κ1) is 34.3. The van der Waals surface area contributed by atoms with Gasteiger partial charge in [-0.2, -0.15) is 13.2 Å². The number of anilines is 2. The predicted molar refractivity (Wildman–Crippen MR) is 169 cm³/mol. The molecule has 0 radical (unpaired) electrons. The zero-order valence-corrected chi connectivity index (χ0v) is 26.3. The number of hydrogen-bond acceptors (Lipinski definition) is 8. The third kappa shape index (κ3) is 9.46. The second-order valence-electron chi connectivity index (χ2n) is 10.6. The third-order valence-electron chi connectivity index (χ3n) is 7.25. The van der Waals surface area contributed by atoms with Crippen LogP contribution in [0, 0.1) is 11.8 Å². The van der Waals surface area contributed by atoms with Crippen LogP contribution in [0.5, 0.6) is 5.75 Å². The first-order valence-electron chi connectivity index (χ1n) is 14.6. The molecule has 1 saturated heterocycles. The summed E-state index contributed by atoms with van der Waals surface area (Å²) in [5, 5.41) is 9.39. The number of thiophene rings is 1. The van der Waals surface area contributed by atoms with E-state index in [1.807, 2.05) is 11.9 Å². The minimum absolute atomic E-state index is 0.0264. The number of carbonyl (C=O) groups excluding carboxylic acids is 1. The summed E-state index contributed by atoms with van der Waals surface area (Å²) < 4.78 is 72.7. The average Bonchev–Trinajstić information content (AvgIpc) is 3.34. The molecule has 3 aromatic rings. The summed E-state index contributed by atoms with van der Waals surface area (Å²) in [6, 6.07) is 9.66. The number of halogens is 4. The Morgan fingerprint density at radius 1 is 1.13 bits per heavy atom. The summed E-state index contributed by atoms with van der Waals surface area (Å²) in [6.45, 7) is 2.44. The molecule has 1 aliphatic rings. The molecule has 13 heteroatoms. The number of amides is 1. The SMILES string of the molecule is CNC(=O)c1cccc(OCCOCCOC)c1NCC#Cc1sc2c(NC3CCN(C)CC3F)cccc2c1CC(F)(F)F. The molecule has 2 unspecified atom stereocenters. The van der Waals surface area contributed by atoms with Crippen molar-refractivity contribution < 1.29 is 36.6 Å². The molecular formula is C32H38F4N4O4S. The molecule has 1 aliphatic heterocycles. The number of benzene rings is 2. The van der Waals surface area contributed by atoms with E-state index in [4.69, 9.17) is 14.2 Å². The summed E-state index contributed by atoms with van der Waals surface area (Å²) >= 11 is 1.15. The lowest BCUT2D eigenvalue weighted by atomic mass is 10.0. The molecule has 1 amide bonds. The van der Waals surface area contributed by atoms with E-state index in [2.05, 4.69) is 27.8 Å². The van der Waals surface area contributed by atoms with Gasteiger partial charge in [-0.05, 0) is 42.6 Å². The minimum atomic E-state index is -4.45. The van der Waals surface area contributed by atoms with Crippen molar-refractivity contribution in [1.29, 1.82) is 0 Å². The summed E-state index contributed by atoms with van der Waals surface area (Å²) in [5.41, 5.74) is 1.41. The maximum Gasteiger partial charge on any atom is 0.393 e. The number of rotatable bonds is 13. The van der Waals surface area contributed by atoms with Crippen LogP contribution in [0.25, 0.3) is 10.1 Å². The van der Waals surface area contributed by atoms with Crippen LogP contribution in [0.4, 0.5) is 28.9 Å². The molecule has 4 rings (SSSR count). The van der Waals surface area contributed by atoms with Crippen molar-refractivity contribution in [2.45, 2.75) is 31.2 Å². The second-order valence-corrected chi connectivity index (χ2v) is 11.6. The Morgan fingerprint density at radius 3 is 2.64 bits per heavy atom. The van der Waals surface area contributed by atoms with E-state index in [0.717, 1.165) is 17.9 Å². The van der Waals surface area contributed by atoms with Gasteiger partial charge < -0.3 is 35.1 Å². The van der Waals surface area contributed by atoms with Gasteiger partial charge in [-0.3, -0.25) is 4.79 Å². The molecular weight excluding hydrogens is 612 g/mol. The highest BCUT2D eigenvalue weighted by atomic mass is 32.1. The molecule has 8 nitrogen and oxygen atoms in total. The molecule has 0 bridgehead atoms. The zero-order chi connectivity index (χ0) is 32.4. The number of fused-ring (bicyclic) bond motifs is 1. The Labute approximate surface area is 264 Å². The van der Waals surface area contributed by atoms with Gasteiger partial charge in [0, 0.05) is 27.2 Å². The average molecular weight is 651 g/mol. The molecule has 45 heavy (non-hydrogen) atoms. The quantitative estimate of drug-likeness (QED) is 0.131. The Hall–Kier alpha value is -3.57. The van der Waals surface area contributed by atoms with E-state index in [9.17, 15) is 22.4 Å². The van der Waals surface area contributed by atoms with Gasteiger partial charge in [0.05, 0.1) is 65.3 Å². The highest BCUT2D eigenvalue weighted by Gasteiger charge is 2.32. The van der Waals surface area contributed by atoms with Crippen LogP contribution in [0.1, 0.15) is 27.2 Å². The number of piperidine rings is 1. The predicted octanol–water partition coefficient (Wildman–Crippen LogP) is 5.33. The number of nitrogens with zero attached hydrogens (tertiary/aromatic N) is 1. The summed E-state index contributed by atoms with van der Waals surface area (Å²) in [7, 11) is 4.95. The number of methoxy groups -OCH3 is 1. The number of hydrogen-bond donors (Lipinski definition) is 3. The maximum absolute atomic E-state index is 14.8. The topological polar surface area (TPSA) is 84.1 Å². The van der Waals surface area contributed by atoms with Crippen LogP contribution >= 0.6 is 11.3 Å². The monoisotopic (exact) mass is 650 g/mol. The van der Waals surface area contributed by atoms with Crippen molar-refractivity contribution in [3.05, 3.63) is 52.4 Å². The minimum Gasteiger partial charge on any atom is -0.489 e. The van der Waals surface area contributed by atoms with Gasteiger partial charge in [0.1, 0.15) is 18.5 Å². The second kappa shape index (κ2) is 16.1. The zero-order valence-electron chi connectivity index (χ0n) is 25.5. The largest absolute Gasteiger partial charge is 0.489 e. The van der Waals surface area contributed by atoms with E-state index < -0.39 is 24.8 Å². The normalized spacial score (nSPS) is 17.0. The lowest BCUT2D eigenvalue weighted by Crippen LogP contribution is -2.46. The van der Waals surface area contributed by atoms with Gasteiger partial charge in [0.15, 0.2) is 0 Å². The first-order chi connectivity index (χ1) is 21.6. The lowest BCUT2D eigenvalue weighted by molar-refractivity contribution is -0.126. The van der Waals surface area contributed by atoms with E-state index >= 15 is 0 Å². The number of alkyl halides is 4. The van der Waals surface area contributed by atoms with Gasteiger partial charge in [-0.25, -0.2) is 4.39 Å². The molecule has 2 aromatic carbocycles. The molecule has 244 valence electrons. The fourth-order valence-electron chi connectivity index (χ4n) is 5.05. The number of likely N-dealkylation sites (tertiary alicyclic amines) is 1. The van der Waals surface area contributed by atoms with E-state index in [1.54, 1.807) is 43.5 Å². The number of para-hydroxylation sites is 1. The van der Waals surface area contributed by atoms with Gasteiger partial charge in [-0.15, -0.1) is 11.3 Å². The van der Waals surface area contributed by atoms with Gasteiger partial charge in [0.2, 0.25) is 0 Å².